The molecule has 0 aromatic heterocycles. The first-order valence-electron chi connectivity index (χ1n) is 12.7. The van der Waals surface area contributed by atoms with Crippen molar-refractivity contribution in [1.29, 1.82) is 0 Å². The Kier molecular flexibility index (Phi) is 7.20. The van der Waals surface area contributed by atoms with Crippen LogP contribution in [0.3, 0.4) is 0 Å². The van der Waals surface area contributed by atoms with Crippen LogP contribution in [0.1, 0.15) is 44.9 Å². The van der Waals surface area contributed by atoms with Gasteiger partial charge in [-0.05, 0) is 50.9 Å². The second kappa shape index (κ2) is 10.1. The maximum absolute atomic E-state index is 13.4. The Bertz CT molecular complexity index is 725. The molecule has 5 N–H and O–H groups in total. The van der Waals surface area contributed by atoms with E-state index in [9.17, 15) is 9.59 Å². The Balaban J connectivity index is 1.25. The number of nitrogens with one attached hydrogen (secondary N) is 3. The number of fused-ring (bicyclic) bond motifs is 3. The van der Waals surface area contributed by atoms with Crippen molar-refractivity contribution in [3.63, 3.8) is 0 Å². The minimum absolute atomic E-state index is 0.0323. The van der Waals surface area contributed by atoms with Crippen LogP contribution in [-0.2, 0) is 23.8 Å². The van der Waals surface area contributed by atoms with Gasteiger partial charge in [0.15, 0.2) is 12.3 Å². The molecule has 2 amide bonds. The third-order valence-corrected chi connectivity index (χ3v) is 8.55. The summed E-state index contributed by atoms with van der Waals surface area (Å²) in [5.41, 5.74) is 6.71. The smallest absolute Gasteiger partial charge is 0.234 e. The monoisotopic (exact) mass is 466 g/mol. The largest absolute Gasteiger partial charge is 0.379 e. The van der Waals surface area contributed by atoms with Crippen LogP contribution in [0.25, 0.3) is 0 Å². The van der Waals surface area contributed by atoms with Gasteiger partial charge in [0.05, 0.1) is 25.0 Å². The summed E-state index contributed by atoms with van der Waals surface area (Å²) in [6.45, 7) is 3.01. The highest BCUT2D eigenvalue weighted by Gasteiger charge is 2.55. The number of amides is 2. The Morgan fingerprint density at radius 1 is 1.24 bits per heavy atom. The number of rotatable bonds is 6. The molecular weight excluding hydrogens is 426 g/mol. The molecule has 4 heterocycles. The van der Waals surface area contributed by atoms with Crippen molar-refractivity contribution in [2.45, 2.75) is 75.7 Å². The molecule has 0 aromatic rings. The SMILES string of the molecule is COCC[NH+]1C(N)C(C(=O)NCC2CCC3OCOC3C2)CC2C(=O)N3CCCCC3NC21. The fourth-order valence-electron chi connectivity index (χ4n) is 6.67. The molecule has 9 atom stereocenters. The van der Waals surface area contributed by atoms with Gasteiger partial charge in [0, 0.05) is 20.2 Å². The molecule has 4 saturated heterocycles. The van der Waals surface area contributed by atoms with Crippen LogP contribution >= 0.6 is 0 Å². The number of ether oxygens (including phenoxy) is 3. The summed E-state index contributed by atoms with van der Waals surface area (Å²) in [5.74, 6) is -0.0998. The molecule has 4 aliphatic heterocycles. The van der Waals surface area contributed by atoms with Crippen LogP contribution in [0.2, 0.25) is 0 Å². The van der Waals surface area contributed by atoms with E-state index in [1.165, 1.54) is 0 Å². The number of hydrogen-bond donors (Lipinski definition) is 4. The fraction of sp³-hybridized carbons (Fsp3) is 0.913. The highest BCUT2D eigenvalue weighted by Crippen LogP contribution is 2.33. The first-order valence-corrected chi connectivity index (χ1v) is 12.7. The molecule has 9 unspecified atom stereocenters. The van der Waals surface area contributed by atoms with Crippen molar-refractivity contribution >= 4 is 11.8 Å². The van der Waals surface area contributed by atoms with E-state index in [1.807, 2.05) is 4.90 Å². The van der Waals surface area contributed by atoms with E-state index in [4.69, 9.17) is 19.9 Å². The average molecular weight is 467 g/mol. The van der Waals surface area contributed by atoms with Crippen molar-refractivity contribution in [2.75, 3.05) is 40.1 Å². The van der Waals surface area contributed by atoms with Crippen molar-refractivity contribution in [3.8, 4) is 0 Å². The summed E-state index contributed by atoms with van der Waals surface area (Å²) >= 11 is 0. The van der Waals surface area contributed by atoms with E-state index in [2.05, 4.69) is 10.6 Å². The molecule has 1 aliphatic carbocycles. The van der Waals surface area contributed by atoms with E-state index >= 15 is 0 Å². The lowest BCUT2D eigenvalue weighted by atomic mass is 9.80. The number of nitrogens with zero attached hydrogens (tertiary/aromatic N) is 1. The Morgan fingerprint density at radius 3 is 2.94 bits per heavy atom. The number of piperidine rings is 2. The lowest BCUT2D eigenvalue weighted by molar-refractivity contribution is -0.965. The second-order valence-corrected chi connectivity index (χ2v) is 10.4. The van der Waals surface area contributed by atoms with Crippen LogP contribution in [0.4, 0.5) is 0 Å². The van der Waals surface area contributed by atoms with E-state index in [0.717, 1.165) is 50.0 Å². The van der Waals surface area contributed by atoms with E-state index in [-0.39, 0.29) is 48.4 Å². The van der Waals surface area contributed by atoms with Crippen LogP contribution in [0.5, 0.6) is 0 Å². The molecule has 33 heavy (non-hydrogen) atoms. The normalized spacial score (nSPS) is 42.9. The minimum atomic E-state index is -0.396. The highest BCUT2D eigenvalue weighted by atomic mass is 16.7. The van der Waals surface area contributed by atoms with Gasteiger partial charge in [0.2, 0.25) is 11.8 Å². The first kappa shape index (κ1) is 23.4. The third-order valence-electron chi connectivity index (χ3n) is 8.55. The van der Waals surface area contributed by atoms with Crippen LogP contribution in [0.15, 0.2) is 0 Å². The maximum atomic E-state index is 13.4. The molecule has 10 heteroatoms. The van der Waals surface area contributed by atoms with Gasteiger partial charge in [0.1, 0.15) is 25.2 Å². The van der Waals surface area contributed by atoms with Gasteiger partial charge in [0.25, 0.3) is 0 Å². The molecular formula is C23H40N5O5+. The van der Waals surface area contributed by atoms with Gasteiger partial charge in [-0.2, -0.15) is 0 Å². The Morgan fingerprint density at radius 2 is 2.09 bits per heavy atom. The standard InChI is InChI=1S/C23H39N5O5/c1-31-9-8-28-20(24)15(11-16-21(28)26-19-4-2-3-7-27(19)23(16)30)22(29)25-12-14-5-6-17-18(10-14)33-13-32-17/h14-21,26H,2-13,24H2,1H3,(H,25,29)/p+1. The molecule has 186 valence electrons. The van der Waals surface area contributed by atoms with Crippen LogP contribution in [0, 0.1) is 17.8 Å². The van der Waals surface area contributed by atoms with E-state index in [1.54, 1.807) is 7.11 Å². The maximum Gasteiger partial charge on any atom is 0.234 e. The zero-order chi connectivity index (χ0) is 22.9. The molecule has 0 bridgehead atoms. The summed E-state index contributed by atoms with van der Waals surface area (Å²) in [5, 5.41) is 6.89. The number of carbonyl (C=O) groups is 2. The molecule has 5 aliphatic rings. The Labute approximate surface area is 195 Å². The molecule has 10 nitrogen and oxygen atoms in total. The number of likely N-dealkylation sites (tertiary alicyclic amines) is 1. The molecule has 1 saturated carbocycles. The summed E-state index contributed by atoms with van der Waals surface area (Å²) < 4.78 is 16.6. The Hall–Kier alpha value is -1.30. The van der Waals surface area contributed by atoms with Crippen molar-refractivity contribution in [2.24, 2.45) is 23.5 Å². The summed E-state index contributed by atoms with van der Waals surface area (Å²) in [6.07, 6.45) is 6.55. The van der Waals surface area contributed by atoms with Gasteiger partial charge in [-0.1, -0.05) is 0 Å². The van der Waals surface area contributed by atoms with Crippen molar-refractivity contribution in [1.82, 2.24) is 15.5 Å². The number of hydrogen-bond acceptors (Lipinski definition) is 7. The topological polar surface area (TPSA) is 120 Å². The third kappa shape index (κ3) is 4.66. The average Bonchev–Trinajstić information content (AvgIpc) is 3.30. The first-order chi connectivity index (χ1) is 16.1. The van der Waals surface area contributed by atoms with Crippen LogP contribution < -0.4 is 21.3 Å². The highest BCUT2D eigenvalue weighted by molar-refractivity contribution is 5.83. The predicted octanol–water partition coefficient (Wildman–Crippen LogP) is -1.64. The van der Waals surface area contributed by atoms with Gasteiger partial charge in [-0.15, -0.1) is 0 Å². The van der Waals surface area contributed by atoms with Crippen molar-refractivity contribution in [3.05, 3.63) is 0 Å². The molecule has 0 radical (unpaired) electrons. The lowest BCUT2D eigenvalue weighted by Gasteiger charge is -2.52. The summed E-state index contributed by atoms with van der Waals surface area (Å²) in [7, 11) is 1.67. The van der Waals surface area contributed by atoms with E-state index < -0.39 is 5.92 Å². The quantitative estimate of drug-likeness (QED) is 0.371. The zero-order valence-corrected chi connectivity index (χ0v) is 19.7. The van der Waals surface area contributed by atoms with Gasteiger partial charge >= 0.3 is 0 Å². The lowest BCUT2D eigenvalue weighted by Crippen LogP contribution is -3.26. The summed E-state index contributed by atoms with van der Waals surface area (Å²) in [4.78, 5) is 29.8. The zero-order valence-electron chi connectivity index (χ0n) is 19.7. The number of methoxy groups -OCH3 is 1. The molecule has 0 aromatic carbocycles. The summed E-state index contributed by atoms with van der Waals surface area (Å²) in [6, 6.07) is 0. The minimum Gasteiger partial charge on any atom is -0.379 e. The van der Waals surface area contributed by atoms with E-state index in [0.29, 0.717) is 38.8 Å². The van der Waals surface area contributed by atoms with Gasteiger partial charge in [-0.25, -0.2) is 5.32 Å². The van der Waals surface area contributed by atoms with Crippen molar-refractivity contribution < 1.29 is 28.7 Å². The second-order valence-electron chi connectivity index (χ2n) is 10.4. The molecule has 5 fully saturated rings. The van der Waals surface area contributed by atoms with Gasteiger partial charge < -0.3 is 29.3 Å². The number of carbonyl (C=O) groups excluding carboxylic acids is 2. The number of quaternary nitrogens is 1. The predicted molar refractivity (Wildman–Crippen MR) is 119 cm³/mol. The molecule has 0 spiro atoms. The molecule has 5 rings (SSSR count). The number of nitrogens with two attached hydrogens (primary N) is 1. The van der Waals surface area contributed by atoms with Crippen LogP contribution in [-0.4, -0.2) is 87.6 Å². The fourth-order valence-corrected chi connectivity index (χ4v) is 6.67. The van der Waals surface area contributed by atoms with Gasteiger partial charge in [-0.3, -0.25) is 15.3 Å².